The fourth-order valence-corrected chi connectivity index (χ4v) is 6.77. The van der Waals surface area contributed by atoms with Crippen LogP contribution in [-0.2, 0) is 31.2 Å². The SMILES string of the molecule is CCOC(=O)COc1cccc(C[N+]2(C)[C@@H]3C=C[C@H]2C[C@H](OC(=O)C(O)(c2ccccc2)C2CCCC2)C3)c1.[Br-]. The molecule has 7 nitrogen and oxygen atoms in total. The fourth-order valence-electron chi connectivity index (χ4n) is 6.77. The van der Waals surface area contributed by atoms with E-state index in [2.05, 4.69) is 25.3 Å². The largest absolute Gasteiger partial charge is 1.00 e. The lowest BCUT2D eigenvalue weighted by Gasteiger charge is -2.47. The minimum absolute atomic E-state index is 0. The number of halogens is 1. The molecule has 216 valence electrons. The van der Waals surface area contributed by atoms with Gasteiger partial charge in [-0.3, -0.25) is 0 Å². The quantitative estimate of drug-likeness (QED) is 0.249. The molecule has 0 spiro atoms. The number of hydrogen-bond donors (Lipinski definition) is 1. The number of esters is 2. The number of benzene rings is 2. The van der Waals surface area contributed by atoms with Gasteiger partial charge in [-0.1, -0.05) is 55.3 Å². The average molecular weight is 615 g/mol. The van der Waals surface area contributed by atoms with Crippen molar-refractivity contribution in [1.82, 2.24) is 0 Å². The van der Waals surface area contributed by atoms with Crippen LogP contribution in [0.3, 0.4) is 0 Å². The van der Waals surface area contributed by atoms with E-state index in [0.29, 0.717) is 30.8 Å². The highest BCUT2D eigenvalue weighted by Crippen LogP contribution is 2.44. The maximum absolute atomic E-state index is 13.7. The molecule has 1 saturated carbocycles. The Balaban J connectivity index is 0.00000370. The van der Waals surface area contributed by atoms with Crippen LogP contribution in [0.4, 0.5) is 0 Å². The molecule has 8 heteroatoms. The second kappa shape index (κ2) is 12.9. The molecule has 2 aliphatic heterocycles. The summed E-state index contributed by atoms with van der Waals surface area (Å²) in [6.45, 7) is 2.78. The van der Waals surface area contributed by atoms with Gasteiger partial charge in [0.1, 0.15) is 30.5 Å². The van der Waals surface area contributed by atoms with Crippen molar-refractivity contribution in [1.29, 1.82) is 0 Å². The van der Waals surface area contributed by atoms with Crippen molar-refractivity contribution >= 4 is 11.9 Å². The van der Waals surface area contributed by atoms with Crippen molar-refractivity contribution < 1.29 is 50.4 Å². The maximum Gasteiger partial charge on any atom is 0.344 e. The molecule has 2 bridgehead atoms. The van der Waals surface area contributed by atoms with E-state index in [1.165, 1.54) is 0 Å². The van der Waals surface area contributed by atoms with Gasteiger partial charge < -0.3 is 40.8 Å². The first-order valence-electron chi connectivity index (χ1n) is 14.2. The summed E-state index contributed by atoms with van der Waals surface area (Å²) in [6, 6.07) is 17.6. The van der Waals surface area contributed by atoms with E-state index in [1.807, 2.05) is 48.5 Å². The Kier molecular flexibility index (Phi) is 9.75. The van der Waals surface area contributed by atoms with Crippen molar-refractivity contribution in [3.63, 3.8) is 0 Å². The topological polar surface area (TPSA) is 82.1 Å². The Morgan fingerprint density at radius 3 is 2.33 bits per heavy atom. The predicted octanol–water partition coefficient (Wildman–Crippen LogP) is 1.67. The molecule has 0 radical (unpaired) electrons. The normalized spacial score (nSPS) is 26.9. The Morgan fingerprint density at radius 1 is 1.00 bits per heavy atom. The van der Waals surface area contributed by atoms with Crippen molar-refractivity contribution in [2.75, 3.05) is 20.3 Å². The highest BCUT2D eigenvalue weighted by Gasteiger charge is 2.52. The van der Waals surface area contributed by atoms with Crippen LogP contribution >= 0.6 is 0 Å². The number of carbonyl (C=O) groups is 2. The molecular formula is C32H40BrNO6. The van der Waals surface area contributed by atoms with E-state index in [1.54, 1.807) is 6.92 Å². The van der Waals surface area contributed by atoms with Gasteiger partial charge in [0, 0.05) is 24.3 Å². The van der Waals surface area contributed by atoms with Crippen LogP contribution in [0.1, 0.15) is 56.6 Å². The minimum Gasteiger partial charge on any atom is -1.00 e. The first kappa shape index (κ1) is 30.3. The number of rotatable bonds is 10. The number of aliphatic hydroxyl groups is 1. The summed E-state index contributed by atoms with van der Waals surface area (Å²) in [7, 11) is 2.25. The molecule has 1 saturated heterocycles. The number of hydrogen-bond acceptors (Lipinski definition) is 6. The molecule has 3 aliphatic rings. The lowest BCUT2D eigenvalue weighted by atomic mass is 9.80. The molecule has 5 rings (SSSR count). The molecule has 40 heavy (non-hydrogen) atoms. The third-order valence-corrected chi connectivity index (χ3v) is 8.91. The van der Waals surface area contributed by atoms with Gasteiger partial charge in [0.15, 0.2) is 12.2 Å². The van der Waals surface area contributed by atoms with Crippen LogP contribution in [0, 0.1) is 5.92 Å². The minimum atomic E-state index is -1.61. The van der Waals surface area contributed by atoms with Crippen LogP contribution in [0.15, 0.2) is 66.7 Å². The van der Waals surface area contributed by atoms with Gasteiger partial charge in [-0.25, -0.2) is 9.59 Å². The Morgan fingerprint density at radius 2 is 1.68 bits per heavy atom. The third kappa shape index (κ3) is 6.14. The van der Waals surface area contributed by atoms with Gasteiger partial charge in [-0.15, -0.1) is 0 Å². The summed E-state index contributed by atoms with van der Waals surface area (Å²) in [5.41, 5.74) is 0.140. The number of likely N-dealkylation sites (N-methyl/N-ethyl adjacent to an activating group) is 1. The Bertz CT molecular complexity index is 1180. The molecule has 2 aromatic rings. The standard InChI is InChI=1S/C32H40NO6.BrH/c1-3-37-30(34)22-38-28-15-9-10-23(18-28)21-33(2)26-16-17-27(33)20-29(19-26)39-31(35)32(36,25-13-7-8-14-25)24-11-5-4-6-12-24;/h4-6,9-12,15-18,25-27,29,36H,3,7-8,13-14,19-22H2,1-2H3;1H/q+1;/p-1/t26-,27+,29-,32?,33?;. The molecule has 0 amide bonds. The lowest BCUT2D eigenvalue weighted by Crippen LogP contribution is -3.00. The summed E-state index contributed by atoms with van der Waals surface area (Å²) in [5, 5.41) is 11.8. The Labute approximate surface area is 247 Å². The number of ether oxygens (including phenoxy) is 3. The van der Waals surface area contributed by atoms with E-state index in [4.69, 9.17) is 14.2 Å². The van der Waals surface area contributed by atoms with Crippen molar-refractivity contribution in [2.45, 2.75) is 75.8 Å². The molecular weight excluding hydrogens is 574 g/mol. The molecule has 2 aromatic carbocycles. The first-order valence-corrected chi connectivity index (χ1v) is 14.2. The first-order chi connectivity index (χ1) is 18.8. The van der Waals surface area contributed by atoms with Crippen molar-refractivity contribution in [2.24, 2.45) is 5.92 Å². The van der Waals surface area contributed by atoms with E-state index >= 15 is 0 Å². The van der Waals surface area contributed by atoms with Crippen LogP contribution in [0.2, 0.25) is 0 Å². The Hall–Kier alpha value is -2.68. The highest BCUT2D eigenvalue weighted by molar-refractivity contribution is 5.81. The molecule has 5 atom stereocenters. The van der Waals surface area contributed by atoms with Crippen molar-refractivity contribution in [3.8, 4) is 5.75 Å². The molecule has 2 fully saturated rings. The van der Waals surface area contributed by atoms with Gasteiger partial charge in [0.25, 0.3) is 0 Å². The van der Waals surface area contributed by atoms with Gasteiger partial charge in [-0.2, -0.15) is 0 Å². The lowest BCUT2D eigenvalue weighted by molar-refractivity contribution is -0.957. The predicted molar refractivity (Wildman–Crippen MR) is 147 cm³/mol. The zero-order chi connectivity index (χ0) is 27.5. The molecule has 2 heterocycles. The van der Waals surface area contributed by atoms with E-state index in [-0.39, 0.29) is 53.7 Å². The van der Waals surface area contributed by atoms with Crippen LogP contribution < -0.4 is 21.7 Å². The summed E-state index contributed by atoms with van der Waals surface area (Å²) in [5.74, 6) is -0.367. The van der Waals surface area contributed by atoms with Crippen LogP contribution in [-0.4, -0.2) is 60.0 Å². The van der Waals surface area contributed by atoms with Gasteiger partial charge >= 0.3 is 11.9 Å². The second-order valence-electron chi connectivity index (χ2n) is 11.4. The average Bonchev–Trinajstić information content (AvgIpc) is 3.51. The third-order valence-electron chi connectivity index (χ3n) is 8.91. The number of quaternary nitrogens is 1. The zero-order valence-corrected chi connectivity index (χ0v) is 24.9. The van der Waals surface area contributed by atoms with E-state index in [9.17, 15) is 14.7 Å². The number of carbonyl (C=O) groups excluding carboxylic acids is 2. The number of fused-ring (bicyclic) bond motifs is 2. The smallest absolute Gasteiger partial charge is 0.344 e. The second-order valence-corrected chi connectivity index (χ2v) is 11.4. The van der Waals surface area contributed by atoms with E-state index in [0.717, 1.165) is 42.3 Å². The molecule has 1 N–H and O–H groups in total. The van der Waals surface area contributed by atoms with Gasteiger partial charge in [0.05, 0.1) is 13.7 Å². The summed E-state index contributed by atoms with van der Waals surface area (Å²) < 4.78 is 17.5. The highest BCUT2D eigenvalue weighted by atomic mass is 79.9. The molecule has 1 aliphatic carbocycles. The summed E-state index contributed by atoms with van der Waals surface area (Å²) in [6.07, 6.45) is 9.38. The number of piperidine rings is 1. The molecule has 2 unspecified atom stereocenters. The number of nitrogens with zero attached hydrogens (tertiary/aromatic N) is 1. The van der Waals surface area contributed by atoms with Crippen LogP contribution in [0.25, 0.3) is 0 Å². The monoisotopic (exact) mass is 613 g/mol. The fraction of sp³-hybridized carbons (Fsp3) is 0.500. The van der Waals surface area contributed by atoms with E-state index < -0.39 is 11.6 Å². The van der Waals surface area contributed by atoms with Gasteiger partial charge in [-0.05, 0) is 49.6 Å². The molecule has 0 aromatic heterocycles. The van der Waals surface area contributed by atoms with Gasteiger partial charge in [0.2, 0.25) is 0 Å². The summed E-state index contributed by atoms with van der Waals surface area (Å²) in [4.78, 5) is 25.3. The zero-order valence-electron chi connectivity index (χ0n) is 23.3. The maximum atomic E-state index is 13.7. The van der Waals surface area contributed by atoms with Crippen molar-refractivity contribution in [3.05, 3.63) is 77.9 Å². The summed E-state index contributed by atoms with van der Waals surface area (Å²) >= 11 is 0. The van der Waals surface area contributed by atoms with Crippen LogP contribution in [0.5, 0.6) is 5.75 Å².